The van der Waals surface area contributed by atoms with Gasteiger partial charge in [-0.3, -0.25) is 4.68 Å². The molecule has 0 fully saturated rings. The fourth-order valence-corrected chi connectivity index (χ4v) is 2.83. The molecular weight excluding hydrogens is 236 g/mol. The first-order chi connectivity index (χ1) is 9.26. The lowest BCUT2D eigenvalue weighted by Crippen LogP contribution is -2.36. The minimum Gasteiger partial charge on any atom is -0.316 e. The van der Waals surface area contributed by atoms with Crippen LogP contribution in [0.1, 0.15) is 58.7 Å². The maximum absolute atomic E-state index is 4.44. The number of aryl methyl sites for hydroxylation is 1. The van der Waals surface area contributed by atoms with Gasteiger partial charge >= 0.3 is 0 Å². The van der Waals surface area contributed by atoms with E-state index in [1.165, 1.54) is 25.7 Å². The largest absolute Gasteiger partial charge is 0.316 e. The number of hydrogen-bond donors (Lipinski definition) is 1. The van der Waals surface area contributed by atoms with Gasteiger partial charge in [0.05, 0.1) is 0 Å². The van der Waals surface area contributed by atoms with Crippen molar-refractivity contribution in [2.75, 3.05) is 7.05 Å². The standard InChI is InChI=1S/C15H30N4/c1-5-8-13(9-6-2)14(16-4)11-15-17-12-18-19(15)10-7-3/h12-14,16H,5-11H2,1-4H3. The molecule has 19 heavy (non-hydrogen) atoms. The summed E-state index contributed by atoms with van der Waals surface area (Å²) < 4.78 is 2.05. The average Bonchev–Trinajstić information content (AvgIpc) is 2.83. The Kier molecular flexibility index (Phi) is 7.72. The third-order valence-electron chi connectivity index (χ3n) is 3.79. The molecule has 1 aromatic rings. The molecule has 0 bridgehead atoms. The van der Waals surface area contributed by atoms with Crippen LogP contribution in [0.5, 0.6) is 0 Å². The number of rotatable bonds is 10. The van der Waals surface area contributed by atoms with Crippen LogP contribution in [-0.4, -0.2) is 27.9 Å². The highest BCUT2D eigenvalue weighted by Gasteiger charge is 2.21. The van der Waals surface area contributed by atoms with Crippen molar-refractivity contribution in [3.8, 4) is 0 Å². The Bertz CT molecular complexity index is 329. The number of likely N-dealkylation sites (N-methyl/N-ethyl adjacent to an activating group) is 1. The molecule has 0 amide bonds. The highest BCUT2D eigenvalue weighted by atomic mass is 15.3. The molecule has 1 unspecified atom stereocenters. The maximum atomic E-state index is 4.44. The van der Waals surface area contributed by atoms with Crippen LogP contribution < -0.4 is 5.32 Å². The molecule has 0 aliphatic rings. The van der Waals surface area contributed by atoms with Crippen LogP contribution in [0.15, 0.2) is 6.33 Å². The van der Waals surface area contributed by atoms with E-state index in [1.54, 1.807) is 6.33 Å². The molecule has 4 heteroatoms. The fraction of sp³-hybridized carbons (Fsp3) is 0.867. The van der Waals surface area contributed by atoms with E-state index in [2.05, 4.69) is 47.9 Å². The molecule has 110 valence electrons. The van der Waals surface area contributed by atoms with Gasteiger partial charge in [-0.15, -0.1) is 0 Å². The zero-order valence-electron chi connectivity index (χ0n) is 13.0. The first-order valence-electron chi connectivity index (χ1n) is 7.80. The molecule has 1 N–H and O–H groups in total. The summed E-state index contributed by atoms with van der Waals surface area (Å²) in [5.41, 5.74) is 0. The van der Waals surface area contributed by atoms with Crippen molar-refractivity contribution in [3.63, 3.8) is 0 Å². The van der Waals surface area contributed by atoms with Crippen LogP contribution in [0, 0.1) is 5.92 Å². The van der Waals surface area contributed by atoms with E-state index in [1.807, 2.05) is 0 Å². The molecule has 1 rings (SSSR count). The van der Waals surface area contributed by atoms with Gasteiger partial charge in [0.1, 0.15) is 12.2 Å². The van der Waals surface area contributed by atoms with Gasteiger partial charge in [-0.1, -0.05) is 33.6 Å². The Morgan fingerprint density at radius 3 is 2.37 bits per heavy atom. The van der Waals surface area contributed by atoms with E-state index >= 15 is 0 Å². The van der Waals surface area contributed by atoms with Crippen molar-refractivity contribution in [3.05, 3.63) is 12.2 Å². The summed E-state index contributed by atoms with van der Waals surface area (Å²) in [6.07, 6.45) is 8.87. The minimum atomic E-state index is 0.514. The lowest BCUT2D eigenvalue weighted by Gasteiger charge is -2.26. The zero-order chi connectivity index (χ0) is 14.1. The van der Waals surface area contributed by atoms with E-state index in [9.17, 15) is 0 Å². The first-order valence-corrected chi connectivity index (χ1v) is 7.80. The van der Waals surface area contributed by atoms with Crippen molar-refractivity contribution < 1.29 is 0 Å². The van der Waals surface area contributed by atoms with Gasteiger partial charge in [0, 0.05) is 19.0 Å². The Morgan fingerprint density at radius 1 is 1.16 bits per heavy atom. The quantitative estimate of drug-likeness (QED) is 0.708. The van der Waals surface area contributed by atoms with Crippen LogP contribution in [-0.2, 0) is 13.0 Å². The molecule has 0 aliphatic heterocycles. The molecule has 0 spiro atoms. The van der Waals surface area contributed by atoms with Crippen molar-refractivity contribution in [2.24, 2.45) is 5.92 Å². The molecule has 0 aliphatic carbocycles. The summed E-state index contributed by atoms with van der Waals surface area (Å²) >= 11 is 0. The summed E-state index contributed by atoms with van der Waals surface area (Å²) in [5, 5.41) is 7.82. The summed E-state index contributed by atoms with van der Waals surface area (Å²) in [4.78, 5) is 4.44. The molecule has 0 radical (unpaired) electrons. The predicted molar refractivity (Wildman–Crippen MR) is 80.2 cm³/mol. The second kappa shape index (κ2) is 9.08. The minimum absolute atomic E-state index is 0.514. The van der Waals surface area contributed by atoms with Crippen LogP contribution in [0.25, 0.3) is 0 Å². The number of aromatic nitrogens is 3. The predicted octanol–water partition coefficient (Wildman–Crippen LogP) is 3.04. The summed E-state index contributed by atoms with van der Waals surface area (Å²) in [7, 11) is 2.07. The van der Waals surface area contributed by atoms with Crippen LogP contribution in [0.4, 0.5) is 0 Å². The zero-order valence-corrected chi connectivity index (χ0v) is 13.0. The Hall–Kier alpha value is -0.900. The third-order valence-corrected chi connectivity index (χ3v) is 3.79. The molecule has 0 aromatic carbocycles. The Morgan fingerprint density at radius 2 is 1.84 bits per heavy atom. The van der Waals surface area contributed by atoms with Crippen molar-refractivity contribution in [1.82, 2.24) is 20.1 Å². The van der Waals surface area contributed by atoms with Gasteiger partial charge in [-0.2, -0.15) is 5.10 Å². The van der Waals surface area contributed by atoms with Gasteiger partial charge in [0.2, 0.25) is 0 Å². The topological polar surface area (TPSA) is 42.7 Å². The second-order valence-electron chi connectivity index (χ2n) is 5.34. The van der Waals surface area contributed by atoms with E-state index in [4.69, 9.17) is 0 Å². The lowest BCUT2D eigenvalue weighted by molar-refractivity contribution is 0.315. The van der Waals surface area contributed by atoms with Crippen LogP contribution in [0.3, 0.4) is 0 Å². The lowest BCUT2D eigenvalue weighted by atomic mass is 9.88. The monoisotopic (exact) mass is 266 g/mol. The van der Waals surface area contributed by atoms with Crippen molar-refractivity contribution in [1.29, 1.82) is 0 Å². The van der Waals surface area contributed by atoms with E-state index in [0.717, 1.165) is 31.1 Å². The summed E-state index contributed by atoms with van der Waals surface area (Å²) in [6, 6.07) is 0.514. The highest BCUT2D eigenvalue weighted by Crippen LogP contribution is 2.20. The van der Waals surface area contributed by atoms with Crippen LogP contribution in [0.2, 0.25) is 0 Å². The second-order valence-corrected chi connectivity index (χ2v) is 5.34. The third kappa shape index (κ3) is 4.94. The van der Waals surface area contributed by atoms with E-state index in [-0.39, 0.29) is 0 Å². The van der Waals surface area contributed by atoms with Gasteiger partial charge in [-0.05, 0) is 32.2 Å². The van der Waals surface area contributed by atoms with Crippen molar-refractivity contribution >= 4 is 0 Å². The molecular formula is C15H30N4. The van der Waals surface area contributed by atoms with Gasteiger partial charge in [0.15, 0.2) is 0 Å². The molecule has 1 atom stereocenters. The molecule has 4 nitrogen and oxygen atoms in total. The number of nitrogens with one attached hydrogen (secondary N) is 1. The summed E-state index contributed by atoms with van der Waals surface area (Å²) in [6.45, 7) is 7.69. The van der Waals surface area contributed by atoms with Gasteiger partial charge in [-0.25, -0.2) is 4.98 Å². The number of hydrogen-bond acceptors (Lipinski definition) is 3. The summed E-state index contributed by atoms with van der Waals surface area (Å²) in [5.74, 6) is 1.87. The SMILES string of the molecule is CCCC(CCC)C(Cc1ncnn1CCC)NC. The first kappa shape index (κ1) is 16.2. The smallest absolute Gasteiger partial charge is 0.138 e. The number of nitrogens with zero attached hydrogens (tertiary/aromatic N) is 3. The van der Waals surface area contributed by atoms with E-state index < -0.39 is 0 Å². The van der Waals surface area contributed by atoms with Crippen LogP contribution >= 0.6 is 0 Å². The van der Waals surface area contributed by atoms with Gasteiger partial charge < -0.3 is 5.32 Å². The van der Waals surface area contributed by atoms with E-state index in [0.29, 0.717) is 6.04 Å². The Balaban J connectivity index is 2.70. The van der Waals surface area contributed by atoms with Gasteiger partial charge in [0.25, 0.3) is 0 Å². The molecule has 1 aromatic heterocycles. The fourth-order valence-electron chi connectivity index (χ4n) is 2.83. The highest BCUT2D eigenvalue weighted by molar-refractivity contribution is 4.92. The average molecular weight is 266 g/mol. The maximum Gasteiger partial charge on any atom is 0.138 e. The Labute approximate surface area is 118 Å². The molecule has 0 saturated carbocycles. The molecule has 0 saturated heterocycles. The normalized spacial score (nSPS) is 13.1. The molecule has 1 heterocycles. The van der Waals surface area contributed by atoms with Crippen molar-refractivity contribution in [2.45, 2.75) is 71.9 Å².